The van der Waals surface area contributed by atoms with Crippen LogP contribution in [0.25, 0.3) is 6.08 Å². The van der Waals surface area contributed by atoms with Crippen molar-refractivity contribution in [1.29, 1.82) is 0 Å². The molecule has 3 rings (SSSR count). The van der Waals surface area contributed by atoms with Crippen molar-refractivity contribution in [2.45, 2.75) is 19.3 Å². The SMILES string of the molecule is CC1=C(C2C=Cc3ccccc32)CC=C1. The summed E-state index contributed by atoms with van der Waals surface area (Å²) in [4.78, 5) is 0. The van der Waals surface area contributed by atoms with Gasteiger partial charge >= 0.3 is 0 Å². The number of hydrogen-bond donors (Lipinski definition) is 0. The molecule has 0 nitrogen and oxygen atoms in total. The number of benzene rings is 1. The second-order valence-electron chi connectivity index (χ2n) is 4.28. The van der Waals surface area contributed by atoms with Crippen LogP contribution in [0.1, 0.15) is 30.4 Å². The second-order valence-corrected chi connectivity index (χ2v) is 4.28. The molecule has 1 atom stereocenters. The van der Waals surface area contributed by atoms with Crippen molar-refractivity contribution in [3.8, 4) is 0 Å². The van der Waals surface area contributed by atoms with Crippen LogP contribution in [0.2, 0.25) is 0 Å². The molecule has 0 saturated heterocycles. The molecule has 2 aliphatic rings. The first-order valence-corrected chi connectivity index (χ1v) is 5.49. The predicted molar refractivity (Wildman–Crippen MR) is 64.7 cm³/mol. The quantitative estimate of drug-likeness (QED) is 0.632. The summed E-state index contributed by atoms with van der Waals surface area (Å²) in [6.07, 6.45) is 10.2. The fourth-order valence-electron chi connectivity index (χ4n) is 2.56. The van der Waals surface area contributed by atoms with Crippen LogP contribution in [0.3, 0.4) is 0 Å². The Labute approximate surface area is 90.6 Å². The smallest absolute Gasteiger partial charge is 0.0246 e. The average molecular weight is 194 g/mol. The fourth-order valence-corrected chi connectivity index (χ4v) is 2.56. The highest BCUT2D eigenvalue weighted by atomic mass is 14.3. The van der Waals surface area contributed by atoms with Crippen molar-refractivity contribution in [3.05, 3.63) is 64.8 Å². The number of allylic oxidation sites excluding steroid dienone is 5. The second kappa shape index (κ2) is 3.23. The summed E-state index contributed by atoms with van der Waals surface area (Å²) >= 11 is 0. The van der Waals surface area contributed by atoms with Gasteiger partial charge in [0.05, 0.1) is 0 Å². The summed E-state index contributed by atoms with van der Waals surface area (Å²) in [5, 5.41) is 0. The number of rotatable bonds is 1. The van der Waals surface area contributed by atoms with Crippen LogP contribution >= 0.6 is 0 Å². The maximum atomic E-state index is 2.33. The van der Waals surface area contributed by atoms with Crippen molar-refractivity contribution in [3.63, 3.8) is 0 Å². The van der Waals surface area contributed by atoms with Crippen molar-refractivity contribution in [2.75, 3.05) is 0 Å². The first-order chi connectivity index (χ1) is 7.36. The lowest BCUT2D eigenvalue weighted by Gasteiger charge is -2.13. The van der Waals surface area contributed by atoms with Crippen LogP contribution in [0.15, 0.2) is 53.6 Å². The molecule has 0 fully saturated rings. The molecule has 0 N–H and O–H groups in total. The molecule has 0 heteroatoms. The third-order valence-electron chi connectivity index (χ3n) is 3.39. The summed E-state index contributed by atoms with van der Waals surface area (Å²) in [7, 11) is 0. The standard InChI is InChI=1S/C15H14/c1-11-5-4-8-13(11)15-10-9-12-6-2-3-7-14(12)15/h2-7,9-10,15H,8H2,1H3. The number of fused-ring (bicyclic) bond motifs is 1. The highest BCUT2D eigenvalue weighted by Crippen LogP contribution is 2.40. The molecule has 0 radical (unpaired) electrons. The van der Waals surface area contributed by atoms with Gasteiger partial charge in [0.2, 0.25) is 0 Å². The Hall–Kier alpha value is -1.56. The molecule has 0 aliphatic heterocycles. The van der Waals surface area contributed by atoms with Crippen LogP contribution in [0, 0.1) is 0 Å². The molecule has 0 aromatic heterocycles. The van der Waals surface area contributed by atoms with E-state index in [1.165, 1.54) is 16.7 Å². The molecular formula is C15H14. The van der Waals surface area contributed by atoms with E-state index in [1.54, 1.807) is 5.57 Å². The van der Waals surface area contributed by atoms with Crippen LogP contribution < -0.4 is 0 Å². The zero-order chi connectivity index (χ0) is 10.3. The van der Waals surface area contributed by atoms with Gasteiger partial charge in [-0.05, 0) is 24.5 Å². The number of hydrogen-bond acceptors (Lipinski definition) is 0. The van der Waals surface area contributed by atoms with E-state index < -0.39 is 0 Å². The van der Waals surface area contributed by atoms with Crippen LogP contribution in [-0.4, -0.2) is 0 Å². The molecular weight excluding hydrogens is 180 g/mol. The van der Waals surface area contributed by atoms with E-state index >= 15 is 0 Å². The van der Waals surface area contributed by atoms with E-state index in [2.05, 4.69) is 55.5 Å². The van der Waals surface area contributed by atoms with E-state index in [4.69, 9.17) is 0 Å². The molecule has 0 spiro atoms. The van der Waals surface area contributed by atoms with Gasteiger partial charge in [0.25, 0.3) is 0 Å². The van der Waals surface area contributed by atoms with Crippen molar-refractivity contribution in [1.82, 2.24) is 0 Å². The molecule has 0 bridgehead atoms. The van der Waals surface area contributed by atoms with Crippen molar-refractivity contribution >= 4 is 6.08 Å². The first kappa shape index (κ1) is 8.72. The Kier molecular flexibility index (Phi) is 1.88. The van der Waals surface area contributed by atoms with Gasteiger partial charge < -0.3 is 0 Å². The van der Waals surface area contributed by atoms with Crippen LogP contribution in [0.4, 0.5) is 0 Å². The summed E-state index contributed by atoms with van der Waals surface area (Å²) < 4.78 is 0. The van der Waals surface area contributed by atoms with E-state index in [-0.39, 0.29) is 0 Å². The van der Waals surface area contributed by atoms with Crippen LogP contribution in [-0.2, 0) is 0 Å². The maximum absolute atomic E-state index is 2.33. The van der Waals surface area contributed by atoms with E-state index in [0.29, 0.717) is 5.92 Å². The van der Waals surface area contributed by atoms with E-state index in [9.17, 15) is 0 Å². The minimum Gasteiger partial charge on any atom is -0.0802 e. The first-order valence-electron chi connectivity index (χ1n) is 5.49. The summed E-state index contributed by atoms with van der Waals surface area (Å²) in [5.41, 5.74) is 5.86. The Morgan fingerprint density at radius 2 is 2.00 bits per heavy atom. The average Bonchev–Trinajstić information content (AvgIpc) is 2.83. The Balaban J connectivity index is 2.05. The highest BCUT2D eigenvalue weighted by Gasteiger charge is 2.22. The van der Waals surface area contributed by atoms with Gasteiger partial charge in [0, 0.05) is 5.92 Å². The van der Waals surface area contributed by atoms with Gasteiger partial charge in [-0.15, -0.1) is 0 Å². The van der Waals surface area contributed by atoms with Gasteiger partial charge in [-0.3, -0.25) is 0 Å². The molecule has 0 heterocycles. The maximum Gasteiger partial charge on any atom is 0.0246 e. The van der Waals surface area contributed by atoms with E-state index in [0.717, 1.165) is 6.42 Å². The van der Waals surface area contributed by atoms with Crippen molar-refractivity contribution < 1.29 is 0 Å². The summed E-state index contributed by atoms with van der Waals surface area (Å²) in [5.74, 6) is 0.524. The van der Waals surface area contributed by atoms with Gasteiger partial charge in [0.1, 0.15) is 0 Å². The molecule has 2 aliphatic carbocycles. The molecule has 0 saturated carbocycles. The summed E-state index contributed by atoms with van der Waals surface area (Å²) in [6.45, 7) is 2.22. The minimum atomic E-state index is 0.524. The molecule has 1 aromatic carbocycles. The Bertz CT molecular complexity index is 487. The molecule has 0 amide bonds. The monoisotopic (exact) mass is 194 g/mol. The third kappa shape index (κ3) is 1.29. The zero-order valence-electron chi connectivity index (χ0n) is 8.90. The van der Waals surface area contributed by atoms with Gasteiger partial charge in [-0.25, -0.2) is 0 Å². The predicted octanol–water partition coefficient (Wildman–Crippen LogP) is 4.07. The zero-order valence-corrected chi connectivity index (χ0v) is 8.90. The topological polar surface area (TPSA) is 0 Å². The summed E-state index contributed by atoms with van der Waals surface area (Å²) in [6, 6.07) is 8.69. The molecule has 1 unspecified atom stereocenters. The highest BCUT2D eigenvalue weighted by molar-refractivity contribution is 5.65. The lowest BCUT2D eigenvalue weighted by atomic mass is 9.90. The fraction of sp³-hybridized carbons (Fsp3) is 0.200. The lowest BCUT2D eigenvalue weighted by Crippen LogP contribution is -1.97. The largest absolute Gasteiger partial charge is 0.0802 e. The van der Waals surface area contributed by atoms with Gasteiger partial charge in [-0.1, -0.05) is 59.7 Å². The van der Waals surface area contributed by atoms with E-state index in [1.807, 2.05) is 0 Å². The van der Waals surface area contributed by atoms with Crippen LogP contribution in [0.5, 0.6) is 0 Å². The lowest BCUT2D eigenvalue weighted by molar-refractivity contribution is 0.960. The van der Waals surface area contributed by atoms with Gasteiger partial charge in [-0.2, -0.15) is 0 Å². The molecule has 15 heavy (non-hydrogen) atoms. The van der Waals surface area contributed by atoms with Gasteiger partial charge in [0.15, 0.2) is 0 Å². The third-order valence-corrected chi connectivity index (χ3v) is 3.39. The Morgan fingerprint density at radius 1 is 1.13 bits per heavy atom. The normalized spacial score (nSPS) is 22.6. The molecule has 1 aromatic rings. The molecule has 74 valence electrons. The minimum absolute atomic E-state index is 0.524. The Morgan fingerprint density at radius 3 is 2.80 bits per heavy atom. The van der Waals surface area contributed by atoms with Crippen molar-refractivity contribution in [2.24, 2.45) is 0 Å².